The summed E-state index contributed by atoms with van der Waals surface area (Å²) in [6.45, 7) is -0.598. The van der Waals surface area contributed by atoms with Gasteiger partial charge in [0.05, 0.1) is 19.6 Å². The predicted molar refractivity (Wildman–Crippen MR) is 88.2 cm³/mol. The highest BCUT2D eigenvalue weighted by molar-refractivity contribution is 5.81. The Kier molecular flexibility index (Phi) is 4.66. The lowest BCUT2D eigenvalue weighted by molar-refractivity contribution is -0.144. The van der Waals surface area contributed by atoms with Gasteiger partial charge in [-0.25, -0.2) is 23.2 Å². The Morgan fingerprint density at radius 2 is 2.00 bits per heavy atom. The van der Waals surface area contributed by atoms with Crippen molar-refractivity contribution in [3.8, 4) is 0 Å². The number of nitrogens with zero attached hydrogens (tertiary/aromatic N) is 5. The van der Waals surface area contributed by atoms with Crippen molar-refractivity contribution in [1.29, 1.82) is 0 Å². The van der Waals surface area contributed by atoms with Crippen LogP contribution in [0.15, 0.2) is 17.1 Å². The van der Waals surface area contributed by atoms with E-state index >= 15 is 0 Å². The minimum Gasteiger partial charge on any atom is -0.335 e. The number of hydrogen-bond donors (Lipinski definition) is 0. The van der Waals surface area contributed by atoms with Crippen LogP contribution in [0.2, 0.25) is 0 Å². The van der Waals surface area contributed by atoms with Gasteiger partial charge in [-0.2, -0.15) is 18.3 Å². The molecule has 1 unspecified atom stereocenters. The van der Waals surface area contributed by atoms with Crippen LogP contribution < -0.4 is 5.69 Å². The molecule has 1 fully saturated rings. The van der Waals surface area contributed by atoms with E-state index in [4.69, 9.17) is 0 Å². The number of pyridine rings is 1. The van der Waals surface area contributed by atoms with Crippen LogP contribution in [0, 0.1) is 5.82 Å². The summed E-state index contributed by atoms with van der Waals surface area (Å²) in [5.74, 6) is -1.67. The number of rotatable bonds is 3. The molecule has 4 rings (SSSR count). The number of amides is 1. The first-order valence-corrected chi connectivity index (χ1v) is 8.98. The Labute approximate surface area is 160 Å². The van der Waals surface area contributed by atoms with Crippen molar-refractivity contribution in [1.82, 2.24) is 24.2 Å². The fourth-order valence-electron chi connectivity index (χ4n) is 3.65. The van der Waals surface area contributed by atoms with Gasteiger partial charge in [0.25, 0.3) is 0 Å². The molecule has 0 spiro atoms. The first-order valence-electron chi connectivity index (χ1n) is 8.98. The SMILES string of the molecule is O=C(C1CCCc2nn(Cc3ccnc(C(F)(F)F)c3F)c(=O)n21)N1CC(F)C1. The van der Waals surface area contributed by atoms with E-state index in [1.807, 2.05) is 0 Å². The zero-order valence-corrected chi connectivity index (χ0v) is 15.0. The summed E-state index contributed by atoms with van der Waals surface area (Å²) in [5, 5.41) is 4.08. The summed E-state index contributed by atoms with van der Waals surface area (Å²) < 4.78 is 67.9. The molecule has 4 heterocycles. The van der Waals surface area contributed by atoms with Gasteiger partial charge in [-0.05, 0) is 18.9 Å². The minimum absolute atomic E-state index is 0.0317. The normalized spacial score (nSPS) is 19.8. The van der Waals surface area contributed by atoms with E-state index in [-0.39, 0.29) is 13.1 Å². The van der Waals surface area contributed by atoms with Gasteiger partial charge in [0.1, 0.15) is 18.0 Å². The molecule has 7 nitrogen and oxygen atoms in total. The third-order valence-electron chi connectivity index (χ3n) is 5.12. The Morgan fingerprint density at radius 1 is 1.28 bits per heavy atom. The highest BCUT2D eigenvalue weighted by atomic mass is 19.4. The van der Waals surface area contributed by atoms with Gasteiger partial charge < -0.3 is 4.90 Å². The number of fused-ring (bicyclic) bond motifs is 1. The maximum absolute atomic E-state index is 14.2. The largest absolute Gasteiger partial charge is 0.436 e. The van der Waals surface area contributed by atoms with E-state index in [0.717, 1.165) is 16.9 Å². The molecule has 0 saturated carbocycles. The number of hydrogen-bond acceptors (Lipinski definition) is 4. The number of alkyl halides is 4. The van der Waals surface area contributed by atoms with Gasteiger partial charge in [-0.3, -0.25) is 9.36 Å². The lowest BCUT2D eigenvalue weighted by Crippen LogP contribution is -2.54. The van der Waals surface area contributed by atoms with Crippen molar-refractivity contribution in [2.45, 2.75) is 44.2 Å². The second-order valence-electron chi connectivity index (χ2n) is 7.11. The molecule has 1 atom stereocenters. The number of halogens is 5. The van der Waals surface area contributed by atoms with E-state index in [0.29, 0.717) is 25.1 Å². The molecule has 156 valence electrons. The molecule has 0 aromatic carbocycles. The van der Waals surface area contributed by atoms with Crippen molar-refractivity contribution >= 4 is 5.91 Å². The molecule has 2 aliphatic rings. The van der Waals surface area contributed by atoms with Gasteiger partial charge in [0.2, 0.25) is 5.91 Å². The summed E-state index contributed by atoms with van der Waals surface area (Å²) in [7, 11) is 0. The molecule has 0 bridgehead atoms. The van der Waals surface area contributed by atoms with Gasteiger partial charge in [-0.1, -0.05) is 0 Å². The highest BCUT2D eigenvalue weighted by Crippen LogP contribution is 2.31. The summed E-state index contributed by atoms with van der Waals surface area (Å²) in [5.41, 5.74) is -2.78. The molecular formula is C17H16F5N5O2. The van der Waals surface area contributed by atoms with E-state index < -0.39 is 53.6 Å². The molecular weight excluding hydrogens is 401 g/mol. The summed E-state index contributed by atoms with van der Waals surface area (Å²) in [6.07, 6.45) is -3.91. The van der Waals surface area contributed by atoms with Crippen LogP contribution in [0.25, 0.3) is 0 Å². The molecule has 2 aromatic rings. The minimum atomic E-state index is -4.97. The summed E-state index contributed by atoms with van der Waals surface area (Å²) in [6, 6.07) is 0.194. The van der Waals surface area contributed by atoms with E-state index in [9.17, 15) is 31.5 Å². The molecule has 12 heteroatoms. The first kappa shape index (κ1) is 19.5. The van der Waals surface area contributed by atoms with Crippen molar-refractivity contribution in [3.05, 3.63) is 45.6 Å². The van der Waals surface area contributed by atoms with Crippen molar-refractivity contribution in [2.75, 3.05) is 13.1 Å². The Bertz CT molecular complexity index is 1010. The van der Waals surface area contributed by atoms with Crippen molar-refractivity contribution in [2.24, 2.45) is 0 Å². The van der Waals surface area contributed by atoms with Crippen LogP contribution in [0.1, 0.15) is 36.0 Å². The van der Waals surface area contributed by atoms with Crippen LogP contribution in [-0.2, 0) is 23.9 Å². The van der Waals surface area contributed by atoms with Crippen LogP contribution in [0.5, 0.6) is 0 Å². The second-order valence-corrected chi connectivity index (χ2v) is 7.11. The zero-order valence-electron chi connectivity index (χ0n) is 15.0. The van der Waals surface area contributed by atoms with Crippen LogP contribution >= 0.6 is 0 Å². The molecule has 1 saturated heterocycles. The van der Waals surface area contributed by atoms with Gasteiger partial charge in [0.15, 0.2) is 11.5 Å². The fourth-order valence-corrected chi connectivity index (χ4v) is 3.65. The monoisotopic (exact) mass is 417 g/mol. The van der Waals surface area contributed by atoms with Crippen LogP contribution in [-0.4, -0.2) is 49.4 Å². The molecule has 2 aromatic heterocycles. The highest BCUT2D eigenvalue weighted by Gasteiger charge is 2.39. The topological polar surface area (TPSA) is 73.0 Å². The number of likely N-dealkylation sites (tertiary alicyclic amines) is 1. The zero-order chi connectivity index (χ0) is 20.9. The third-order valence-corrected chi connectivity index (χ3v) is 5.12. The lowest BCUT2D eigenvalue weighted by Gasteiger charge is -2.37. The second kappa shape index (κ2) is 6.92. The van der Waals surface area contributed by atoms with Gasteiger partial charge >= 0.3 is 11.9 Å². The van der Waals surface area contributed by atoms with E-state index in [2.05, 4.69) is 10.1 Å². The van der Waals surface area contributed by atoms with Gasteiger partial charge in [0, 0.05) is 18.2 Å². The maximum Gasteiger partial charge on any atom is 0.436 e. The van der Waals surface area contributed by atoms with Crippen molar-refractivity contribution < 1.29 is 26.7 Å². The summed E-state index contributed by atoms with van der Waals surface area (Å²) >= 11 is 0. The Hall–Kier alpha value is -2.79. The number of aryl methyl sites for hydroxylation is 1. The lowest BCUT2D eigenvalue weighted by atomic mass is 10.0. The molecule has 0 radical (unpaired) electrons. The van der Waals surface area contributed by atoms with Crippen molar-refractivity contribution in [3.63, 3.8) is 0 Å². The Morgan fingerprint density at radius 3 is 2.66 bits per heavy atom. The van der Waals surface area contributed by atoms with Crippen LogP contribution in [0.4, 0.5) is 22.0 Å². The first-order chi connectivity index (χ1) is 13.7. The Balaban J connectivity index is 1.65. The molecule has 0 aliphatic carbocycles. The predicted octanol–water partition coefficient (Wildman–Crippen LogP) is 1.70. The van der Waals surface area contributed by atoms with E-state index in [1.54, 1.807) is 0 Å². The smallest absolute Gasteiger partial charge is 0.335 e. The number of aromatic nitrogens is 4. The molecule has 29 heavy (non-hydrogen) atoms. The third kappa shape index (κ3) is 3.40. The van der Waals surface area contributed by atoms with E-state index in [1.165, 1.54) is 9.47 Å². The summed E-state index contributed by atoms with van der Waals surface area (Å²) in [4.78, 5) is 29.7. The average Bonchev–Trinajstić information content (AvgIpc) is 2.95. The molecule has 1 amide bonds. The van der Waals surface area contributed by atoms with Crippen LogP contribution in [0.3, 0.4) is 0 Å². The average molecular weight is 417 g/mol. The quantitative estimate of drug-likeness (QED) is 0.713. The fraction of sp³-hybridized carbons (Fsp3) is 0.529. The maximum atomic E-state index is 14.2. The standard InChI is InChI=1S/C17H16F5N5O2/c18-10-7-25(8-10)15(28)11-2-1-3-12-24-26(16(29)27(11)12)6-9-4-5-23-14(13(9)19)17(20,21)22/h4-5,10-11H,1-3,6-8H2. The molecule has 2 aliphatic heterocycles. The number of carbonyl (C=O) groups is 1. The number of carbonyl (C=O) groups excluding carboxylic acids is 1. The van der Waals surface area contributed by atoms with Gasteiger partial charge in [-0.15, -0.1) is 0 Å². The molecule has 0 N–H and O–H groups in total.